The predicted octanol–water partition coefficient (Wildman–Crippen LogP) is 3.51. The van der Waals surface area contributed by atoms with Crippen LogP contribution < -0.4 is 5.73 Å². The summed E-state index contributed by atoms with van der Waals surface area (Å²) in [7, 11) is 0. The summed E-state index contributed by atoms with van der Waals surface area (Å²) in [4.78, 5) is 4.01. The number of benzene rings is 1. The Kier molecular flexibility index (Phi) is 3.44. The van der Waals surface area contributed by atoms with Crippen LogP contribution in [-0.2, 0) is 6.54 Å². The number of hydrogen-bond donors (Lipinski definition) is 1. The Morgan fingerprint density at radius 3 is 2.56 bits per heavy atom. The number of pyridine rings is 1. The van der Waals surface area contributed by atoms with Gasteiger partial charge in [0.15, 0.2) is 0 Å². The number of aromatic nitrogens is 1. The summed E-state index contributed by atoms with van der Waals surface area (Å²) in [6, 6.07) is 9.37. The molecular formula is C12H10Cl2N2. The van der Waals surface area contributed by atoms with E-state index in [-0.39, 0.29) is 0 Å². The van der Waals surface area contributed by atoms with Crippen LogP contribution in [0, 0.1) is 0 Å². The maximum Gasteiger partial charge on any atom is 0.129 e. The van der Waals surface area contributed by atoms with Crippen molar-refractivity contribution >= 4 is 23.2 Å². The van der Waals surface area contributed by atoms with E-state index in [9.17, 15) is 0 Å². The third-order valence-corrected chi connectivity index (χ3v) is 2.87. The zero-order valence-corrected chi connectivity index (χ0v) is 9.96. The van der Waals surface area contributed by atoms with Crippen molar-refractivity contribution in [2.75, 3.05) is 0 Å². The summed E-state index contributed by atoms with van der Waals surface area (Å²) in [6.45, 7) is 0.407. The first-order valence-electron chi connectivity index (χ1n) is 4.81. The lowest BCUT2D eigenvalue weighted by atomic mass is 10.0. The summed E-state index contributed by atoms with van der Waals surface area (Å²) in [5.74, 6) is 0. The van der Waals surface area contributed by atoms with Crippen molar-refractivity contribution in [3.8, 4) is 11.1 Å². The molecule has 2 N–H and O–H groups in total. The summed E-state index contributed by atoms with van der Waals surface area (Å²) in [6.07, 6.45) is 1.68. The van der Waals surface area contributed by atoms with Crippen LogP contribution in [0.4, 0.5) is 0 Å². The molecule has 1 heterocycles. The Balaban J connectivity index is 2.63. The fraction of sp³-hybridized carbons (Fsp3) is 0.0833. The van der Waals surface area contributed by atoms with Gasteiger partial charge in [0.2, 0.25) is 0 Å². The molecule has 0 unspecified atom stereocenters. The molecule has 0 amide bonds. The molecule has 4 heteroatoms. The summed E-state index contributed by atoms with van der Waals surface area (Å²) >= 11 is 12.0. The molecule has 1 aromatic carbocycles. The zero-order valence-electron chi connectivity index (χ0n) is 8.45. The first-order valence-corrected chi connectivity index (χ1v) is 5.57. The topological polar surface area (TPSA) is 38.9 Å². The van der Waals surface area contributed by atoms with Crippen molar-refractivity contribution in [3.63, 3.8) is 0 Å². The first-order chi connectivity index (χ1) is 7.72. The zero-order chi connectivity index (χ0) is 11.5. The molecular weight excluding hydrogens is 243 g/mol. The highest BCUT2D eigenvalue weighted by atomic mass is 35.5. The Morgan fingerprint density at radius 1 is 1.12 bits per heavy atom. The first kappa shape index (κ1) is 11.4. The van der Waals surface area contributed by atoms with E-state index < -0.39 is 0 Å². The van der Waals surface area contributed by atoms with Crippen LogP contribution in [0.15, 0.2) is 36.5 Å². The molecule has 0 saturated heterocycles. The smallest absolute Gasteiger partial charge is 0.129 e. The van der Waals surface area contributed by atoms with E-state index in [1.54, 1.807) is 12.3 Å². The lowest BCUT2D eigenvalue weighted by Gasteiger charge is -2.09. The quantitative estimate of drug-likeness (QED) is 0.831. The molecule has 0 radical (unpaired) electrons. The Morgan fingerprint density at radius 2 is 1.88 bits per heavy atom. The van der Waals surface area contributed by atoms with Gasteiger partial charge in [-0.15, -0.1) is 0 Å². The molecule has 16 heavy (non-hydrogen) atoms. The second-order valence-corrected chi connectivity index (χ2v) is 4.14. The highest BCUT2D eigenvalue weighted by molar-refractivity contribution is 6.33. The van der Waals surface area contributed by atoms with Crippen LogP contribution in [-0.4, -0.2) is 4.98 Å². The van der Waals surface area contributed by atoms with Gasteiger partial charge >= 0.3 is 0 Å². The molecule has 0 bridgehead atoms. The molecule has 0 aliphatic rings. The molecule has 1 aromatic heterocycles. The Bertz CT molecular complexity index is 512. The molecule has 0 fully saturated rings. The van der Waals surface area contributed by atoms with Gasteiger partial charge < -0.3 is 5.73 Å². The van der Waals surface area contributed by atoms with Gasteiger partial charge in [0, 0.05) is 23.3 Å². The van der Waals surface area contributed by atoms with Crippen molar-refractivity contribution in [1.29, 1.82) is 0 Å². The van der Waals surface area contributed by atoms with E-state index >= 15 is 0 Å². The third-order valence-electron chi connectivity index (χ3n) is 2.34. The van der Waals surface area contributed by atoms with Gasteiger partial charge in [-0.3, -0.25) is 0 Å². The minimum Gasteiger partial charge on any atom is -0.326 e. The third kappa shape index (κ3) is 2.19. The highest BCUT2D eigenvalue weighted by Gasteiger charge is 2.08. The molecule has 0 aliphatic heterocycles. The summed E-state index contributed by atoms with van der Waals surface area (Å²) in [5.41, 5.74) is 8.45. The van der Waals surface area contributed by atoms with E-state index in [4.69, 9.17) is 28.9 Å². The molecule has 0 atom stereocenters. The predicted molar refractivity (Wildman–Crippen MR) is 67.6 cm³/mol. The molecule has 2 nitrogen and oxygen atoms in total. The lowest BCUT2D eigenvalue weighted by molar-refractivity contribution is 1.05. The largest absolute Gasteiger partial charge is 0.326 e. The second kappa shape index (κ2) is 4.83. The van der Waals surface area contributed by atoms with Gasteiger partial charge in [0.1, 0.15) is 5.15 Å². The van der Waals surface area contributed by atoms with Gasteiger partial charge in [-0.1, -0.05) is 41.4 Å². The summed E-state index contributed by atoms with van der Waals surface area (Å²) in [5, 5.41) is 1.12. The number of nitrogens with two attached hydrogens (primary N) is 1. The van der Waals surface area contributed by atoms with Crippen molar-refractivity contribution in [1.82, 2.24) is 4.98 Å². The van der Waals surface area contributed by atoms with E-state index in [2.05, 4.69) is 4.98 Å². The molecule has 0 aliphatic carbocycles. The van der Waals surface area contributed by atoms with Crippen LogP contribution >= 0.6 is 23.2 Å². The van der Waals surface area contributed by atoms with Crippen LogP contribution in [0.25, 0.3) is 11.1 Å². The molecule has 2 rings (SSSR count). The second-order valence-electron chi connectivity index (χ2n) is 3.35. The standard InChI is InChI=1S/C12H10Cl2N2/c13-11-4-2-1-3-9(11)10-5-12(14)16-7-8(10)6-15/h1-5,7H,6,15H2. The van der Waals surface area contributed by atoms with E-state index in [1.807, 2.05) is 24.3 Å². The SMILES string of the molecule is NCc1cnc(Cl)cc1-c1ccccc1Cl. The average Bonchev–Trinajstić information content (AvgIpc) is 2.29. The normalized spacial score (nSPS) is 10.4. The van der Waals surface area contributed by atoms with Gasteiger partial charge in [-0.25, -0.2) is 4.98 Å². The Labute approximate surface area is 104 Å². The van der Waals surface area contributed by atoms with Crippen LogP contribution in [0.2, 0.25) is 10.2 Å². The lowest BCUT2D eigenvalue weighted by Crippen LogP contribution is -2.00. The summed E-state index contributed by atoms with van der Waals surface area (Å²) < 4.78 is 0. The number of halogens is 2. The van der Waals surface area contributed by atoms with Gasteiger partial charge in [0.05, 0.1) is 0 Å². The van der Waals surface area contributed by atoms with E-state index in [0.29, 0.717) is 16.7 Å². The number of nitrogens with zero attached hydrogens (tertiary/aromatic N) is 1. The number of rotatable bonds is 2. The fourth-order valence-corrected chi connectivity index (χ4v) is 1.95. The minimum absolute atomic E-state index is 0.407. The van der Waals surface area contributed by atoms with Crippen molar-refractivity contribution in [3.05, 3.63) is 52.3 Å². The van der Waals surface area contributed by atoms with Crippen molar-refractivity contribution in [2.45, 2.75) is 6.54 Å². The Hall–Kier alpha value is -1.09. The molecule has 0 saturated carbocycles. The molecule has 2 aromatic rings. The van der Waals surface area contributed by atoms with Crippen LogP contribution in [0.3, 0.4) is 0 Å². The van der Waals surface area contributed by atoms with Crippen molar-refractivity contribution in [2.24, 2.45) is 5.73 Å². The molecule has 0 spiro atoms. The average molecular weight is 253 g/mol. The van der Waals surface area contributed by atoms with E-state index in [0.717, 1.165) is 16.7 Å². The maximum atomic E-state index is 6.14. The van der Waals surface area contributed by atoms with E-state index in [1.165, 1.54) is 0 Å². The van der Waals surface area contributed by atoms with Crippen LogP contribution in [0.1, 0.15) is 5.56 Å². The monoisotopic (exact) mass is 252 g/mol. The highest BCUT2D eigenvalue weighted by Crippen LogP contribution is 2.31. The maximum absolute atomic E-state index is 6.14. The van der Waals surface area contributed by atoms with Gasteiger partial charge in [-0.2, -0.15) is 0 Å². The molecule has 82 valence electrons. The minimum atomic E-state index is 0.407. The number of hydrogen-bond acceptors (Lipinski definition) is 2. The van der Waals surface area contributed by atoms with Crippen LogP contribution in [0.5, 0.6) is 0 Å². The van der Waals surface area contributed by atoms with Gasteiger partial charge in [-0.05, 0) is 23.3 Å². The van der Waals surface area contributed by atoms with Gasteiger partial charge in [0.25, 0.3) is 0 Å². The van der Waals surface area contributed by atoms with Crippen molar-refractivity contribution < 1.29 is 0 Å². The fourth-order valence-electron chi connectivity index (χ4n) is 1.55.